The highest BCUT2D eigenvalue weighted by molar-refractivity contribution is 5.15. The molecule has 4 atom stereocenters. The highest BCUT2D eigenvalue weighted by Crippen LogP contribution is 2.74. The van der Waals surface area contributed by atoms with Crippen LogP contribution in [0.25, 0.3) is 0 Å². The molecule has 3 aliphatic rings. The summed E-state index contributed by atoms with van der Waals surface area (Å²) in [6, 6.07) is 0. The molecule has 3 aliphatic carbocycles. The number of rotatable bonds is 0. The number of hydrogen-bond acceptors (Lipinski definition) is 0. The Morgan fingerprint density at radius 1 is 1.20 bits per heavy atom. The Kier molecular flexibility index (Phi) is 0.810. The van der Waals surface area contributed by atoms with E-state index >= 15 is 0 Å². The molecule has 0 nitrogen and oxygen atoms in total. The normalized spacial score (nSPS) is 63.9. The molecule has 56 valence electrons. The van der Waals surface area contributed by atoms with E-state index in [0.717, 1.165) is 5.41 Å². The van der Waals surface area contributed by atoms with E-state index in [2.05, 4.69) is 6.92 Å². The molecule has 0 bridgehead atoms. The van der Waals surface area contributed by atoms with Gasteiger partial charge in [-0.1, -0.05) is 19.8 Å². The second kappa shape index (κ2) is 1.44. The topological polar surface area (TPSA) is 0 Å². The Bertz CT molecular complexity index is 164. The van der Waals surface area contributed by atoms with Crippen molar-refractivity contribution in [2.75, 3.05) is 0 Å². The van der Waals surface area contributed by atoms with E-state index in [1.54, 1.807) is 32.1 Å². The third-order valence-electron chi connectivity index (χ3n) is 4.58. The second-order valence-corrected chi connectivity index (χ2v) is 4.87. The first-order chi connectivity index (χ1) is 4.82. The molecule has 0 N–H and O–H groups in total. The van der Waals surface area contributed by atoms with Gasteiger partial charge in [-0.2, -0.15) is 0 Å². The molecule has 0 radical (unpaired) electrons. The van der Waals surface area contributed by atoms with Crippen molar-refractivity contribution in [3.8, 4) is 0 Å². The average molecular weight is 136 g/mol. The van der Waals surface area contributed by atoms with Crippen molar-refractivity contribution in [3.05, 3.63) is 0 Å². The van der Waals surface area contributed by atoms with Gasteiger partial charge < -0.3 is 0 Å². The van der Waals surface area contributed by atoms with E-state index in [1.165, 1.54) is 17.8 Å². The first-order valence-corrected chi connectivity index (χ1v) is 4.82. The molecular formula is C10H16. The summed E-state index contributed by atoms with van der Waals surface area (Å²) in [5.41, 5.74) is 0.862. The molecule has 0 spiro atoms. The Labute approximate surface area is 63.0 Å². The molecule has 0 saturated heterocycles. The van der Waals surface area contributed by atoms with Crippen molar-refractivity contribution in [1.29, 1.82) is 0 Å². The van der Waals surface area contributed by atoms with Gasteiger partial charge in [-0.3, -0.25) is 0 Å². The molecule has 0 amide bonds. The van der Waals surface area contributed by atoms with Gasteiger partial charge in [0.2, 0.25) is 0 Å². The van der Waals surface area contributed by atoms with Gasteiger partial charge in [-0.05, 0) is 42.4 Å². The average Bonchev–Trinajstić information content (AvgIpc) is 2.36. The van der Waals surface area contributed by atoms with Crippen molar-refractivity contribution in [2.24, 2.45) is 23.2 Å². The van der Waals surface area contributed by atoms with E-state index in [9.17, 15) is 0 Å². The SMILES string of the molecule is CC12CCC3CCCC1C32. The largest absolute Gasteiger partial charge is 0.0591 e. The third-order valence-corrected chi connectivity index (χ3v) is 4.58. The van der Waals surface area contributed by atoms with Gasteiger partial charge in [0, 0.05) is 0 Å². The van der Waals surface area contributed by atoms with Crippen LogP contribution in [0.15, 0.2) is 0 Å². The molecule has 0 aromatic rings. The molecule has 0 heteroatoms. The van der Waals surface area contributed by atoms with Crippen LogP contribution >= 0.6 is 0 Å². The van der Waals surface area contributed by atoms with Crippen LogP contribution in [0.2, 0.25) is 0 Å². The fourth-order valence-corrected chi connectivity index (χ4v) is 4.03. The lowest BCUT2D eigenvalue weighted by Gasteiger charge is -2.19. The highest BCUT2D eigenvalue weighted by atomic mass is 14.7. The van der Waals surface area contributed by atoms with Crippen LogP contribution in [0.1, 0.15) is 39.0 Å². The molecule has 3 fully saturated rings. The van der Waals surface area contributed by atoms with Crippen molar-refractivity contribution >= 4 is 0 Å². The summed E-state index contributed by atoms with van der Waals surface area (Å²) in [7, 11) is 0. The fraction of sp³-hybridized carbons (Fsp3) is 1.00. The number of hydrogen-bond donors (Lipinski definition) is 0. The Morgan fingerprint density at radius 3 is 2.80 bits per heavy atom. The van der Waals surface area contributed by atoms with Gasteiger partial charge in [-0.15, -0.1) is 0 Å². The maximum Gasteiger partial charge on any atom is -0.0261 e. The van der Waals surface area contributed by atoms with Crippen LogP contribution in [0, 0.1) is 23.2 Å². The fourth-order valence-electron chi connectivity index (χ4n) is 4.03. The van der Waals surface area contributed by atoms with Crippen LogP contribution < -0.4 is 0 Å². The van der Waals surface area contributed by atoms with Crippen molar-refractivity contribution in [1.82, 2.24) is 0 Å². The summed E-state index contributed by atoms with van der Waals surface area (Å²) in [6.45, 7) is 2.54. The van der Waals surface area contributed by atoms with Crippen molar-refractivity contribution in [2.45, 2.75) is 39.0 Å². The van der Waals surface area contributed by atoms with Crippen LogP contribution in [0.3, 0.4) is 0 Å². The van der Waals surface area contributed by atoms with Gasteiger partial charge >= 0.3 is 0 Å². The van der Waals surface area contributed by atoms with E-state index < -0.39 is 0 Å². The minimum Gasteiger partial charge on any atom is -0.0591 e. The predicted octanol–water partition coefficient (Wildman–Crippen LogP) is 2.83. The molecular weight excluding hydrogens is 120 g/mol. The Hall–Kier alpha value is 0. The molecule has 0 aromatic carbocycles. The molecule has 3 rings (SSSR count). The van der Waals surface area contributed by atoms with Crippen LogP contribution in [-0.4, -0.2) is 0 Å². The molecule has 0 aliphatic heterocycles. The van der Waals surface area contributed by atoms with Crippen LogP contribution in [-0.2, 0) is 0 Å². The quantitative estimate of drug-likeness (QED) is 0.480. The summed E-state index contributed by atoms with van der Waals surface area (Å²) >= 11 is 0. The summed E-state index contributed by atoms with van der Waals surface area (Å²) in [5.74, 6) is 3.55. The molecule has 0 aromatic heterocycles. The van der Waals surface area contributed by atoms with E-state index in [-0.39, 0.29) is 0 Å². The van der Waals surface area contributed by atoms with E-state index in [4.69, 9.17) is 0 Å². The lowest BCUT2D eigenvalue weighted by Crippen LogP contribution is -2.08. The first kappa shape index (κ1) is 5.62. The smallest absolute Gasteiger partial charge is 0.0261 e. The summed E-state index contributed by atoms with van der Waals surface area (Å²) in [5, 5.41) is 0. The third kappa shape index (κ3) is 0.436. The zero-order valence-electron chi connectivity index (χ0n) is 6.77. The zero-order chi connectivity index (χ0) is 6.77. The predicted molar refractivity (Wildman–Crippen MR) is 41.7 cm³/mol. The Morgan fingerprint density at radius 2 is 2.10 bits per heavy atom. The summed E-state index contributed by atoms with van der Waals surface area (Å²) in [6.07, 6.45) is 7.81. The lowest BCUT2D eigenvalue weighted by molar-refractivity contribution is 0.318. The standard InChI is InChI=1S/C10H16/c1-10-6-5-7-3-2-4-8(10)9(7)10/h7-9H,2-6H2,1H3. The minimum atomic E-state index is 0.862. The summed E-state index contributed by atoms with van der Waals surface area (Å²) < 4.78 is 0. The second-order valence-electron chi connectivity index (χ2n) is 4.87. The van der Waals surface area contributed by atoms with E-state index in [1.807, 2.05) is 0 Å². The molecule has 4 unspecified atom stereocenters. The highest BCUT2D eigenvalue weighted by Gasteiger charge is 2.67. The van der Waals surface area contributed by atoms with Gasteiger partial charge in [-0.25, -0.2) is 0 Å². The van der Waals surface area contributed by atoms with Crippen molar-refractivity contribution in [3.63, 3.8) is 0 Å². The zero-order valence-corrected chi connectivity index (χ0v) is 6.77. The maximum absolute atomic E-state index is 2.54. The Balaban J connectivity index is 1.95. The monoisotopic (exact) mass is 136 g/mol. The number of fused-ring (bicyclic) bond motifs is 1. The first-order valence-electron chi connectivity index (χ1n) is 4.82. The van der Waals surface area contributed by atoms with Crippen LogP contribution in [0.4, 0.5) is 0 Å². The van der Waals surface area contributed by atoms with Gasteiger partial charge in [0.1, 0.15) is 0 Å². The summed E-state index contributed by atoms with van der Waals surface area (Å²) in [4.78, 5) is 0. The molecule has 3 saturated carbocycles. The van der Waals surface area contributed by atoms with Gasteiger partial charge in [0.15, 0.2) is 0 Å². The lowest BCUT2D eigenvalue weighted by atomic mass is 9.86. The van der Waals surface area contributed by atoms with Gasteiger partial charge in [0.05, 0.1) is 0 Å². The molecule has 10 heavy (non-hydrogen) atoms. The molecule has 0 heterocycles. The van der Waals surface area contributed by atoms with Gasteiger partial charge in [0.25, 0.3) is 0 Å². The van der Waals surface area contributed by atoms with Crippen LogP contribution in [0.5, 0.6) is 0 Å². The maximum atomic E-state index is 2.54. The van der Waals surface area contributed by atoms with Crippen molar-refractivity contribution < 1.29 is 0 Å². The van der Waals surface area contributed by atoms with E-state index in [0.29, 0.717) is 0 Å². The minimum absolute atomic E-state index is 0.862.